The van der Waals surface area contributed by atoms with Gasteiger partial charge in [0.05, 0.1) is 10.9 Å². The Balaban J connectivity index is 1.67. The summed E-state index contributed by atoms with van der Waals surface area (Å²) in [6.45, 7) is 0.686. The second-order valence-corrected chi connectivity index (χ2v) is 5.44. The van der Waals surface area contributed by atoms with Gasteiger partial charge in [-0.1, -0.05) is 12.1 Å². The average molecular weight is 299 g/mol. The molecular formula is C15H13N3O2S. The first-order valence-electron chi connectivity index (χ1n) is 6.48. The summed E-state index contributed by atoms with van der Waals surface area (Å²) in [5.41, 5.74) is 1.30. The van der Waals surface area contributed by atoms with Gasteiger partial charge in [-0.15, -0.1) is 11.3 Å². The van der Waals surface area contributed by atoms with Crippen molar-refractivity contribution in [3.63, 3.8) is 0 Å². The highest BCUT2D eigenvalue weighted by atomic mass is 32.1. The van der Waals surface area contributed by atoms with Gasteiger partial charge in [-0.2, -0.15) is 0 Å². The number of benzene rings is 1. The van der Waals surface area contributed by atoms with Crippen LogP contribution >= 0.6 is 11.3 Å². The number of nitrogens with one attached hydrogen (secondary N) is 1. The topological polar surface area (TPSA) is 75.1 Å². The summed E-state index contributed by atoms with van der Waals surface area (Å²) in [7, 11) is 0. The quantitative estimate of drug-likeness (QED) is 0.757. The lowest BCUT2D eigenvalue weighted by atomic mass is 10.1. The number of carbonyl (C=O) groups is 1. The van der Waals surface area contributed by atoms with Gasteiger partial charge in [0.1, 0.15) is 17.0 Å². The molecular weight excluding hydrogens is 286 g/mol. The van der Waals surface area contributed by atoms with Crippen LogP contribution in [-0.4, -0.2) is 27.6 Å². The van der Waals surface area contributed by atoms with Crippen LogP contribution in [0.15, 0.2) is 42.0 Å². The van der Waals surface area contributed by atoms with Crippen molar-refractivity contribution in [1.29, 1.82) is 0 Å². The highest BCUT2D eigenvalue weighted by molar-refractivity contribution is 7.16. The van der Waals surface area contributed by atoms with Gasteiger partial charge in [0.2, 0.25) is 0 Å². The molecule has 3 aromatic rings. The zero-order chi connectivity index (χ0) is 14.7. The number of carboxylic acids is 1. The Kier molecular flexibility index (Phi) is 3.79. The molecule has 21 heavy (non-hydrogen) atoms. The van der Waals surface area contributed by atoms with Gasteiger partial charge in [-0.05, 0) is 35.6 Å². The maximum absolute atomic E-state index is 10.9. The lowest BCUT2D eigenvalue weighted by Gasteiger charge is -2.07. The maximum Gasteiger partial charge on any atom is 0.335 e. The Bertz CT molecular complexity index is 785. The van der Waals surface area contributed by atoms with Gasteiger partial charge in [0, 0.05) is 6.54 Å². The molecule has 1 aromatic carbocycles. The minimum absolute atomic E-state index is 0.315. The van der Waals surface area contributed by atoms with E-state index in [9.17, 15) is 4.79 Å². The molecule has 0 amide bonds. The molecule has 106 valence electrons. The van der Waals surface area contributed by atoms with Crippen molar-refractivity contribution in [2.75, 3.05) is 11.9 Å². The summed E-state index contributed by atoms with van der Waals surface area (Å²) < 4.78 is 0. The third-order valence-corrected chi connectivity index (χ3v) is 3.96. The van der Waals surface area contributed by atoms with E-state index >= 15 is 0 Å². The summed E-state index contributed by atoms with van der Waals surface area (Å²) in [6, 6.07) is 8.98. The number of anilines is 1. The predicted molar refractivity (Wildman–Crippen MR) is 83.0 cm³/mol. The Labute approximate surface area is 125 Å². The van der Waals surface area contributed by atoms with Crippen molar-refractivity contribution < 1.29 is 9.90 Å². The van der Waals surface area contributed by atoms with E-state index in [0.29, 0.717) is 12.1 Å². The molecule has 2 heterocycles. The van der Waals surface area contributed by atoms with E-state index in [4.69, 9.17) is 5.11 Å². The largest absolute Gasteiger partial charge is 0.478 e. The molecule has 0 aliphatic rings. The Hall–Kier alpha value is -2.47. The van der Waals surface area contributed by atoms with E-state index in [1.807, 2.05) is 17.5 Å². The SMILES string of the molecule is O=C(O)c1cccc(CCNc2ncnc3sccc23)c1. The van der Waals surface area contributed by atoms with Crippen LogP contribution in [-0.2, 0) is 6.42 Å². The molecule has 0 aliphatic carbocycles. The maximum atomic E-state index is 10.9. The zero-order valence-corrected chi connectivity index (χ0v) is 11.9. The Morgan fingerprint density at radius 2 is 2.19 bits per heavy atom. The van der Waals surface area contributed by atoms with Crippen LogP contribution in [0.2, 0.25) is 0 Å². The highest BCUT2D eigenvalue weighted by Crippen LogP contribution is 2.23. The van der Waals surface area contributed by atoms with E-state index in [1.54, 1.807) is 35.9 Å². The van der Waals surface area contributed by atoms with Crippen molar-refractivity contribution in [3.05, 3.63) is 53.2 Å². The van der Waals surface area contributed by atoms with E-state index in [0.717, 1.165) is 28.0 Å². The second kappa shape index (κ2) is 5.88. The minimum atomic E-state index is -0.902. The molecule has 0 saturated heterocycles. The number of hydrogen-bond acceptors (Lipinski definition) is 5. The van der Waals surface area contributed by atoms with E-state index in [1.165, 1.54) is 0 Å². The number of fused-ring (bicyclic) bond motifs is 1. The van der Waals surface area contributed by atoms with E-state index < -0.39 is 5.97 Å². The summed E-state index contributed by atoms with van der Waals surface area (Å²) in [4.78, 5) is 20.3. The van der Waals surface area contributed by atoms with Gasteiger partial charge in [-0.3, -0.25) is 0 Å². The molecule has 2 N–H and O–H groups in total. The summed E-state index contributed by atoms with van der Waals surface area (Å²) in [5, 5.41) is 15.3. The van der Waals surface area contributed by atoms with Crippen LogP contribution in [0.5, 0.6) is 0 Å². The van der Waals surface area contributed by atoms with E-state index in [2.05, 4.69) is 15.3 Å². The molecule has 0 saturated carbocycles. The molecule has 6 heteroatoms. The van der Waals surface area contributed by atoms with Crippen LogP contribution in [0.25, 0.3) is 10.2 Å². The zero-order valence-electron chi connectivity index (χ0n) is 11.1. The molecule has 5 nitrogen and oxygen atoms in total. The molecule has 3 rings (SSSR count). The van der Waals surface area contributed by atoms with Crippen molar-refractivity contribution in [3.8, 4) is 0 Å². The normalized spacial score (nSPS) is 10.7. The molecule has 0 unspecified atom stereocenters. The average Bonchev–Trinajstić information content (AvgIpc) is 2.97. The summed E-state index contributed by atoms with van der Waals surface area (Å²) in [6.07, 6.45) is 2.28. The van der Waals surface area contributed by atoms with Gasteiger partial charge in [0.15, 0.2) is 0 Å². The number of hydrogen-bond donors (Lipinski definition) is 2. The van der Waals surface area contributed by atoms with Crippen molar-refractivity contribution >= 4 is 33.3 Å². The first kappa shape index (κ1) is 13.5. The second-order valence-electron chi connectivity index (χ2n) is 4.54. The predicted octanol–water partition coefficient (Wildman–Crippen LogP) is 3.04. The fourth-order valence-corrected chi connectivity index (χ4v) is 2.85. The minimum Gasteiger partial charge on any atom is -0.478 e. The van der Waals surface area contributed by atoms with Gasteiger partial charge in [-0.25, -0.2) is 14.8 Å². The number of aromatic carboxylic acids is 1. The van der Waals surface area contributed by atoms with Crippen LogP contribution in [0.3, 0.4) is 0 Å². The molecule has 0 aliphatic heterocycles. The standard InChI is InChI=1S/C15H13N3O2S/c19-15(20)11-3-1-2-10(8-11)4-6-16-13-12-5-7-21-14(12)18-9-17-13/h1-3,5,7-9H,4,6H2,(H,19,20)(H,16,17,18). The van der Waals surface area contributed by atoms with Gasteiger partial charge >= 0.3 is 5.97 Å². The van der Waals surface area contributed by atoms with Gasteiger partial charge < -0.3 is 10.4 Å². The van der Waals surface area contributed by atoms with Crippen molar-refractivity contribution in [2.45, 2.75) is 6.42 Å². The van der Waals surface area contributed by atoms with Crippen molar-refractivity contribution in [1.82, 2.24) is 9.97 Å². The molecule has 0 fully saturated rings. The Morgan fingerprint density at radius 1 is 1.29 bits per heavy atom. The van der Waals surface area contributed by atoms with Crippen LogP contribution in [0.1, 0.15) is 15.9 Å². The highest BCUT2D eigenvalue weighted by Gasteiger charge is 2.05. The summed E-state index contributed by atoms with van der Waals surface area (Å²) >= 11 is 1.58. The molecule has 0 radical (unpaired) electrons. The van der Waals surface area contributed by atoms with Crippen LogP contribution in [0, 0.1) is 0 Å². The smallest absolute Gasteiger partial charge is 0.335 e. The van der Waals surface area contributed by atoms with E-state index in [-0.39, 0.29) is 0 Å². The monoisotopic (exact) mass is 299 g/mol. The summed E-state index contributed by atoms with van der Waals surface area (Å²) in [5.74, 6) is -0.0868. The number of carboxylic acid groups (broad SMARTS) is 1. The first-order valence-corrected chi connectivity index (χ1v) is 7.36. The lowest BCUT2D eigenvalue weighted by molar-refractivity contribution is 0.0697. The number of thiophene rings is 1. The molecule has 0 bridgehead atoms. The lowest BCUT2D eigenvalue weighted by Crippen LogP contribution is -2.07. The molecule has 2 aromatic heterocycles. The van der Waals surface area contributed by atoms with Gasteiger partial charge in [0.25, 0.3) is 0 Å². The number of aromatic nitrogens is 2. The fourth-order valence-electron chi connectivity index (χ4n) is 2.12. The fraction of sp³-hybridized carbons (Fsp3) is 0.133. The number of rotatable bonds is 5. The third kappa shape index (κ3) is 3.00. The van der Waals surface area contributed by atoms with Crippen LogP contribution in [0.4, 0.5) is 5.82 Å². The van der Waals surface area contributed by atoms with Crippen molar-refractivity contribution in [2.24, 2.45) is 0 Å². The Morgan fingerprint density at radius 3 is 3.05 bits per heavy atom. The third-order valence-electron chi connectivity index (χ3n) is 3.14. The first-order chi connectivity index (χ1) is 10.2. The molecule has 0 atom stereocenters. The van der Waals surface area contributed by atoms with Crippen LogP contribution < -0.4 is 5.32 Å². The molecule has 0 spiro atoms. The number of nitrogens with zero attached hydrogens (tertiary/aromatic N) is 2.